The minimum atomic E-state index is -0.428. The van der Waals surface area contributed by atoms with Crippen LogP contribution in [0.4, 0.5) is 0 Å². The molecule has 0 saturated heterocycles. The Morgan fingerprint density at radius 3 is 2.81 bits per heavy atom. The highest BCUT2D eigenvalue weighted by molar-refractivity contribution is 5.87. The molecule has 84 valence electrons. The van der Waals surface area contributed by atoms with E-state index in [2.05, 4.69) is 14.7 Å². The van der Waals surface area contributed by atoms with Gasteiger partial charge in [0.05, 0.1) is 18.5 Å². The van der Waals surface area contributed by atoms with Gasteiger partial charge in [-0.25, -0.2) is 14.8 Å². The molecule has 0 amide bonds. The summed E-state index contributed by atoms with van der Waals surface area (Å²) in [6.45, 7) is 3.89. The Hall–Kier alpha value is -1.91. The maximum absolute atomic E-state index is 11.4. The van der Waals surface area contributed by atoms with Crippen LogP contribution in [0.2, 0.25) is 0 Å². The zero-order valence-electron chi connectivity index (χ0n) is 9.52. The summed E-state index contributed by atoms with van der Waals surface area (Å²) in [6, 6.07) is 0. The van der Waals surface area contributed by atoms with E-state index in [1.165, 1.54) is 7.11 Å². The van der Waals surface area contributed by atoms with E-state index in [1.807, 2.05) is 24.4 Å². The average Bonchev–Trinajstić information content (AvgIpc) is 2.66. The summed E-state index contributed by atoms with van der Waals surface area (Å²) in [6.07, 6.45) is 4.23. The highest BCUT2D eigenvalue weighted by Gasteiger charge is 2.12. The SMILES string of the molecule is CCc1nc(C(=O)OC)cn2cc(C)nc12. The van der Waals surface area contributed by atoms with Crippen LogP contribution in [0, 0.1) is 6.92 Å². The number of aromatic nitrogens is 3. The number of hydrogen-bond donors (Lipinski definition) is 0. The molecule has 0 unspecified atom stereocenters. The molecule has 2 aromatic rings. The van der Waals surface area contributed by atoms with Gasteiger partial charge < -0.3 is 9.14 Å². The number of fused-ring (bicyclic) bond motifs is 1. The largest absolute Gasteiger partial charge is 0.464 e. The van der Waals surface area contributed by atoms with Crippen molar-refractivity contribution in [2.24, 2.45) is 0 Å². The molecule has 0 fully saturated rings. The molecule has 0 N–H and O–H groups in total. The van der Waals surface area contributed by atoms with Gasteiger partial charge >= 0.3 is 5.97 Å². The molecule has 2 heterocycles. The van der Waals surface area contributed by atoms with Crippen molar-refractivity contribution in [3.8, 4) is 0 Å². The molecule has 0 aliphatic heterocycles. The van der Waals surface area contributed by atoms with Crippen LogP contribution < -0.4 is 0 Å². The molecule has 0 aromatic carbocycles. The molecule has 2 rings (SSSR count). The standard InChI is InChI=1S/C11H13N3O2/c1-4-8-10-12-7(2)5-14(10)6-9(13-8)11(15)16-3/h5-6H,4H2,1-3H3. The van der Waals surface area contributed by atoms with Gasteiger partial charge in [-0.3, -0.25) is 0 Å². The Bertz CT molecular complexity index is 545. The van der Waals surface area contributed by atoms with Gasteiger partial charge in [-0.05, 0) is 13.3 Å². The van der Waals surface area contributed by atoms with Crippen LogP contribution >= 0.6 is 0 Å². The lowest BCUT2D eigenvalue weighted by molar-refractivity contribution is 0.0593. The topological polar surface area (TPSA) is 56.5 Å². The van der Waals surface area contributed by atoms with E-state index in [1.54, 1.807) is 6.20 Å². The summed E-state index contributed by atoms with van der Waals surface area (Å²) in [7, 11) is 1.35. The fraction of sp³-hybridized carbons (Fsp3) is 0.364. The zero-order chi connectivity index (χ0) is 11.7. The molecule has 0 aliphatic carbocycles. The molecule has 5 nitrogen and oxygen atoms in total. The normalized spacial score (nSPS) is 10.7. The minimum Gasteiger partial charge on any atom is -0.464 e. The Kier molecular flexibility index (Phi) is 2.60. The first-order valence-corrected chi connectivity index (χ1v) is 5.09. The van der Waals surface area contributed by atoms with Crippen molar-refractivity contribution in [2.75, 3.05) is 7.11 Å². The number of ether oxygens (including phenoxy) is 1. The van der Waals surface area contributed by atoms with Crippen LogP contribution in [0.3, 0.4) is 0 Å². The number of methoxy groups -OCH3 is 1. The average molecular weight is 219 g/mol. The Morgan fingerprint density at radius 2 is 2.19 bits per heavy atom. The van der Waals surface area contributed by atoms with E-state index in [0.29, 0.717) is 5.69 Å². The number of aryl methyl sites for hydroxylation is 2. The van der Waals surface area contributed by atoms with Crippen molar-refractivity contribution >= 4 is 11.6 Å². The lowest BCUT2D eigenvalue weighted by Gasteiger charge is -2.03. The molecular formula is C11H13N3O2. The quantitative estimate of drug-likeness (QED) is 0.716. The second-order valence-corrected chi connectivity index (χ2v) is 3.53. The smallest absolute Gasteiger partial charge is 0.358 e. The Labute approximate surface area is 93.1 Å². The summed E-state index contributed by atoms with van der Waals surface area (Å²) in [5.74, 6) is -0.428. The van der Waals surface area contributed by atoms with Gasteiger partial charge in [0.15, 0.2) is 11.3 Å². The molecule has 16 heavy (non-hydrogen) atoms. The number of esters is 1. The molecule has 0 atom stereocenters. The van der Waals surface area contributed by atoms with E-state index < -0.39 is 5.97 Å². The van der Waals surface area contributed by atoms with Crippen molar-refractivity contribution in [2.45, 2.75) is 20.3 Å². The van der Waals surface area contributed by atoms with Crippen LogP contribution in [0.1, 0.15) is 28.8 Å². The molecule has 2 aromatic heterocycles. The lowest BCUT2D eigenvalue weighted by Crippen LogP contribution is -2.08. The van der Waals surface area contributed by atoms with Crippen molar-refractivity contribution in [1.82, 2.24) is 14.4 Å². The number of carbonyl (C=O) groups excluding carboxylic acids is 1. The maximum Gasteiger partial charge on any atom is 0.358 e. The van der Waals surface area contributed by atoms with Crippen LogP contribution in [0.5, 0.6) is 0 Å². The number of carbonyl (C=O) groups is 1. The van der Waals surface area contributed by atoms with Gasteiger partial charge in [-0.15, -0.1) is 0 Å². The first-order chi connectivity index (χ1) is 7.65. The fourth-order valence-corrected chi connectivity index (χ4v) is 1.62. The minimum absolute atomic E-state index is 0.309. The number of imidazole rings is 1. The molecule has 0 bridgehead atoms. The number of nitrogens with zero attached hydrogens (tertiary/aromatic N) is 3. The molecule has 0 aliphatic rings. The summed E-state index contributed by atoms with van der Waals surface area (Å²) in [5.41, 5.74) is 2.81. The first kappa shape index (κ1) is 10.6. The molecular weight excluding hydrogens is 206 g/mol. The maximum atomic E-state index is 11.4. The molecule has 0 saturated carbocycles. The van der Waals surface area contributed by atoms with E-state index in [9.17, 15) is 4.79 Å². The molecule has 0 spiro atoms. The van der Waals surface area contributed by atoms with Crippen molar-refractivity contribution in [3.05, 3.63) is 29.5 Å². The zero-order valence-corrected chi connectivity index (χ0v) is 9.52. The summed E-state index contributed by atoms with van der Waals surface area (Å²) < 4.78 is 6.47. The van der Waals surface area contributed by atoms with E-state index in [0.717, 1.165) is 23.5 Å². The molecule has 5 heteroatoms. The van der Waals surface area contributed by atoms with Crippen LogP contribution in [-0.4, -0.2) is 27.4 Å². The van der Waals surface area contributed by atoms with Crippen molar-refractivity contribution in [1.29, 1.82) is 0 Å². The Balaban J connectivity index is 2.67. The Morgan fingerprint density at radius 1 is 1.44 bits per heavy atom. The van der Waals surface area contributed by atoms with Crippen LogP contribution in [0.25, 0.3) is 5.65 Å². The predicted molar refractivity (Wildman–Crippen MR) is 58.4 cm³/mol. The first-order valence-electron chi connectivity index (χ1n) is 5.09. The fourth-order valence-electron chi connectivity index (χ4n) is 1.62. The van der Waals surface area contributed by atoms with E-state index >= 15 is 0 Å². The van der Waals surface area contributed by atoms with Gasteiger partial charge in [0, 0.05) is 12.4 Å². The second kappa shape index (κ2) is 3.92. The molecule has 0 radical (unpaired) electrons. The van der Waals surface area contributed by atoms with Crippen LogP contribution in [-0.2, 0) is 11.2 Å². The van der Waals surface area contributed by atoms with Crippen molar-refractivity contribution in [3.63, 3.8) is 0 Å². The summed E-state index contributed by atoms with van der Waals surface area (Å²) in [4.78, 5) is 20.0. The third-order valence-corrected chi connectivity index (χ3v) is 2.36. The van der Waals surface area contributed by atoms with Crippen LogP contribution in [0.15, 0.2) is 12.4 Å². The van der Waals surface area contributed by atoms with Crippen molar-refractivity contribution < 1.29 is 9.53 Å². The van der Waals surface area contributed by atoms with Gasteiger partial charge in [0.1, 0.15) is 0 Å². The van der Waals surface area contributed by atoms with Gasteiger partial charge in [-0.1, -0.05) is 6.92 Å². The predicted octanol–water partition coefficient (Wildman–Crippen LogP) is 1.39. The summed E-state index contributed by atoms with van der Waals surface area (Å²) in [5, 5.41) is 0. The highest BCUT2D eigenvalue weighted by Crippen LogP contribution is 2.11. The number of rotatable bonds is 2. The van der Waals surface area contributed by atoms with Gasteiger partial charge in [0.2, 0.25) is 0 Å². The van der Waals surface area contributed by atoms with E-state index in [-0.39, 0.29) is 0 Å². The summed E-state index contributed by atoms with van der Waals surface area (Å²) >= 11 is 0. The highest BCUT2D eigenvalue weighted by atomic mass is 16.5. The third-order valence-electron chi connectivity index (χ3n) is 2.36. The van der Waals surface area contributed by atoms with E-state index in [4.69, 9.17) is 0 Å². The number of hydrogen-bond acceptors (Lipinski definition) is 4. The van der Waals surface area contributed by atoms with Gasteiger partial charge in [-0.2, -0.15) is 0 Å². The second-order valence-electron chi connectivity index (χ2n) is 3.53. The third kappa shape index (κ3) is 1.64. The lowest BCUT2D eigenvalue weighted by atomic mass is 10.3. The monoisotopic (exact) mass is 219 g/mol. The van der Waals surface area contributed by atoms with Gasteiger partial charge in [0.25, 0.3) is 0 Å².